The highest BCUT2D eigenvalue weighted by Gasteiger charge is 2.31. The van der Waals surface area contributed by atoms with E-state index in [1.54, 1.807) is 6.92 Å². The summed E-state index contributed by atoms with van der Waals surface area (Å²) in [4.78, 5) is 23.7. The van der Waals surface area contributed by atoms with Gasteiger partial charge in [0.25, 0.3) is 5.91 Å². The molecule has 1 fully saturated rings. The Morgan fingerprint density at radius 3 is 2.80 bits per heavy atom. The number of hydrogen-bond acceptors (Lipinski definition) is 4. The summed E-state index contributed by atoms with van der Waals surface area (Å²) in [6.07, 6.45) is 2.38. The van der Waals surface area contributed by atoms with E-state index in [0.717, 1.165) is 12.8 Å². The fourth-order valence-electron chi connectivity index (χ4n) is 2.54. The third-order valence-electron chi connectivity index (χ3n) is 4.13. The molecule has 0 radical (unpaired) electrons. The molecule has 1 aromatic carbocycles. The molecule has 2 aromatic rings. The lowest BCUT2D eigenvalue weighted by atomic mass is 10.1. The van der Waals surface area contributed by atoms with Crippen molar-refractivity contribution < 1.29 is 19.1 Å². The fourth-order valence-corrected chi connectivity index (χ4v) is 2.71. The number of benzene rings is 1. The molecule has 1 atom stereocenters. The van der Waals surface area contributed by atoms with Gasteiger partial charge in [0, 0.05) is 0 Å². The number of hydrogen-bond donors (Lipinski definition) is 2. The number of amides is 1. The highest BCUT2D eigenvalue weighted by atomic mass is 35.5. The van der Waals surface area contributed by atoms with Crippen LogP contribution in [-0.2, 0) is 4.79 Å². The molecule has 3 rings (SSSR count). The molecule has 1 heterocycles. The lowest BCUT2D eigenvalue weighted by Crippen LogP contribution is -2.41. The van der Waals surface area contributed by atoms with Crippen LogP contribution in [-0.4, -0.2) is 38.0 Å². The SMILES string of the molecule is Cc1c(C(=O)NC(CC2CC2)C(=O)O)nnn1-c1ccc(F)c(Cl)c1. The van der Waals surface area contributed by atoms with Crippen molar-refractivity contribution in [3.8, 4) is 5.69 Å². The van der Waals surface area contributed by atoms with E-state index in [1.165, 1.54) is 22.9 Å². The quantitative estimate of drug-likeness (QED) is 0.817. The van der Waals surface area contributed by atoms with Gasteiger partial charge in [0.15, 0.2) is 5.69 Å². The molecular weight excluding hydrogens is 351 g/mol. The summed E-state index contributed by atoms with van der Waals surface area (Å²) in [7, 11) is 0. The van der Waals surface area contributed by atoms with E-state index in [1.807, 2.05) is 0 Å². The number of carboxylic acids is 1. The van der Waals surface area contributed by atoms with Gasteiger partial charge in [-0.2, -0.15) is 0 Å². The van der Waals surface area contributed by atoms with E-state index in [4.69, 9.17) is 11.6 Å². The van der Waals surface area contributed by atoms with Crippen LogP contribution >= 0.6 is 11.6 Å². The van der Waals surface area contributed by atoms with Gasteiger partial charge in [0.1, 0.15) is 11.9 Å². The van der Waals surface area contributed by atoms with Crippen LogP contribution in [0.2, 0.25) is 5.02 Å². The number of aromatic nitrogens is 3. The summed E-state index contributed by atoms with van der Waals surface area (Å²) < 4.78 is 14.6. The molecule has 2 N–H and O–H groups in total. The van der Waals surface area contributed by atoms with Crippen LogP contribution in [0.3, 0.4) is 0 Å². The van der Waals surface area contributed by atoms with Crippen molar-refractivity contribution in [2.45, 2.75) is 32.2 Å². The van der Waals surface area contributed by atoms with E-state index in [-0.39, 0.29) is 10.7 Å². The molecule has 9 heteroatoms. The van der Waals surface area contributed by atoms with E-state index >= 15 is 0 Å². The molecular formula is C16H16ClFN4O3. The molecule has 7 nitrogen and oxygen atoms in total. The standard InChI is InChI=1S/C16H16ClFN4O3/c1-8-14(15(23)19-13(16(24)25)6-9-2-3-9)20-21-22(8)10-4-5-12(18)11(17)7-10/h4-5,7,9,13H,2-3,6H2,1H3,(H,19,23)(H,24,25). The molecule has 0 bridgehead atoms. The number of carbonyl (C=O) groups excluding carboxylic acids is 1. The third kappa shape index (κ3) is 3.79. The van der Waals surface area contributed by atoms with Crippen molar-refractivity contribution in [1.29, 1.82) is 0 Å². The van der Waals surface area contributed by atoms with Crippen LogP contribution in [0.1, 0.15) is 35.4 Å². The van der Waals surface area contributed by atoms with E-state index in [9.17, 15) is 19.1 Å². The van der Waals surface area contributed by atoms with Crippen molar-refractivity contribution in [1.82, 2.24) is 20.3 Å². The molecule has 0 aliphatic heterocycles. The van der Waals surface area contributed by atoms with Gasteiger partial charge < -0.3 is 10.4 Å². The molecule has 1 unspecified atom stereocenters. The fraction of sp³-hybridized carbons (Fsp3) is 0.375. The number of nitrogens with zero attached hydrogens (tertiary/aromatic N) is 3. The maximum absolute atomic E-state index is 13.3. The lowest BCUT2D eigenvalue weighted by Gasteiger charge is -2.13. The minimum absolute atomic E-state index is 0.0162. The maximum atomic E-state index is 13.3. The summed E-state index contributed by atoms with van der Waals surface area (Å²) in [5.41, 5.74) is 0.862. The Morgan fingerprint density at radius 1 is 1.48 bits per heavy atom. The minimum atomic E-state index is -1.07. The maximum Gasteiger partial charge on any atom is 0.326 e. The first-order valence-corrected chi connectivity index (χ1v) is 8.16. The Bertz CT molecular complexity index is 835. The predicted octanol–water partition coefficient (Wildman–Crippen LogP) is 2.35. The third-order valence-corrected chi connectivity index (χ3v) is 4.42. The zero-order valence-electron chi connectivity index (χ0n) is 13.4. The van der Waals surface area contributed by atoms with Crippen molar-refractivity contribution in [2.24, 2.45) is 5.92 Å². The van der Waals surface area contributed by atoms with Gasteiger partial charge in [-0.25, -0.2) is 13.9 Å². The van der Waals surface area contributed by atoms with Crippen LogP contribution in [0.15, 0.2) is 18.2 Å². The van der Waals surface area contributed by atoms with Gasteiger partial charge in [0.05, 0.1) is 16.4 Å². The molecule has 0 spiro atoms. The second-order valence-electron chi connectivity index (χ2n) is 6.08. The van der Waals surface area contributed by atoms with Crippen LogP contribution in [0.4, 0.5) is 4.39 Å². The summed E-state index contributed by atoms with van der Waals surface area (Å²) in [6, 6.07) is 3.06. The van der Waals surface area contributed by atoms with Gasteiger partial charge in [0.2, 0.25) is 0 Å². The average molecular weight is 367 g/mol. The second kappa shape index (κ2) is 6.79. The normalized spacial score (nSPS) is 15.0. The predicted molar refractivity (Wildman–Crippen MR) is 87.3 cm³/mol. The average Bonchev–Trinajstić information content (AvgIpc) is 3.29. The molecule has 25 heavy (non-hydrogen) atoms. The first kappa shape index (κ1) is 17.3. The zero-order chi connectivity index (χ0) is 18.1. The van der Waals surface area contributed by atoms with Crippen LogP contribution < -0.4 is 5.32 Å². The van der Waals surface area contributed by atoms with Crippen LogP contribution in [0.5, 0.6) is 0 Å². The van der Waals surface area contributed by atoms with Crippen LogP contribution in [0, 0.1) is 18.7 Å². The first-order chi connectivity index (χ1) is 11.9. The molecule has 1 aliphatic rings. The lowest BCUT2D eigenvalue weighted by molar-refractivity contribution is -0.139. The first-order valence-electron chi connectivity index (χ1n) is 7.78. The van der Waals surface area contributed by atoms with Crippen LogP contribution in [0.25, 0.3) is 5.69 Å². The van der Waals surface area contributed by atoms with Gasteiger partial charge >= 0.3 is 5.97 Å². The van der Waals surface area contributed by atoms with E-state index < -0.39 is 23.7 Å². The Morgan fingerprint density at radius 2 is 2.20 bits per heavy atom. The minimum Gasteiger partial charge on any atom is -0.480 e. The molecule has 1 amide bonds. The Hall–Kier alpha value is -2.48. The highest BCUT2D eigenvalue weighted by molar-refractivity contribution is 6.30. The molecule has 1 aliphatic carbocycles. The Balaban J connectivity index is 1.80. The van der Waals surface area contributed by atoms with Gasteiger partial charge in [-0.1, -0.05) is 29.7 Å². The van der Waals surface area contributed by atoms with E-state index in [2.05, 4.69) is 15.6 Å². The Labute approximate surface area is 147 Å². The van der Waals surface area contributed by atoms with Gasteiger partial charge in [-0.15, -0.1) is 5.10 Å². The van der Waals surface area contributed by atoms with Crippen molar-refractivity contribution in [3.63, 3.8) is 0 Å². The largest absolute Gasteiger partial charge is 0.480 e. The zero-order valence-corrected chi connectivity index (χ0v) is 14.1. The van der Waals surface area contributed by atoms with Gasteiger partial charge in [-0.05, 0) is 37.5 Å². The second-order valence-corrected chi connectivity index (χ2v) is 6.48. The van der Waals surface area contributed by atoms with E-state index in [0.29, 0.717) is 23.7 Å². The number of aliphatic carboxylic acids is 1. The monoisotopic (exact) mass is 366 g/mol. The number of halogens is 2. The summed E-state index contributed by atoms with van der Waals surface area (Å²) in [6.45, 7) is 1.61. The summed E-state index contributed by atoms with van der Waals surface area (Å²) in [5, 5.41) is 19.4. The molecule has 1 saturated carbocycles. The Kier molecular flexibility index (Phi) is 4.71. The topological polar surface area (TPSA) is 97.1 Å². The number of carboxylic acid groups (broad SMARTS) is 1. The van der Waals surface area contributed by atoms with Crippen molar-refractivity contribution >= 4 is 23.5 Å². The molecule has 1 aromatic heterocycles. The van der Waals surface area contributed by atoms with Crippen molar-refractivity contribution in [3.05, 3.63) is 40.4 Å². The highest BCUT2D eigenvalue weighted by Crippen LogP contribution is 2.33. The molecule has 132 valence electrons. The summed E-state index contributed by atoms with van der Waals surface area (Å²) >= 11 is 5.76. The smallest absolute Gasteiger partial charge is 0.326 e. The molecule has 0 saturated heterocycles. The number of carbonyl (C=O) groups is 2. The number of rotatable bonds is 6. The summed E-state index contributed by atoms with van der Waals surface area (Å²) in [5.74, 6) is -1.90. The van der Waals surface area contributed by atoms with Gasteiger partial charge in [-0.3, -0.25) is 4.79 Å². The van der Waals surface area contributed by atoms with Crippen molar-refractivity contribution in [2.75, 3.05) is 0 Å². The number of nitrogens with one attached hydrogen (secondary N) is 1.